The summed E-state index contributed by atoms with van der Waals surface area (Å²) in [6.07, 6.45) is 1.66. The molecule has 0 unspecified atom stereocenters. The third-order valence-corrected chi connectivity index (χ3v) is 3.13. The van der Waals surface area contributed by atoms with Gasteiger partial charge in [0.15, 0.2) is 0 Å². The van der Waals surface area contributed by atoms with Crippen LogP contribution in [0.5, 0.6) is 0 Å². The molecular weight excluding hydrogens is 258 g/mol. The van der Waals surface area contributed by atoms with Crippen molar-refractivity contribution in [3.63, 3.8) is 0 Å². The lowest BCUT2D eigenvalue weighted by Crippen LogP contribution is -2.29. The van der Waals surface area contributed by atoms with E-state index in [-0.39, 0.29) is 30.3 Å². The number of amides is 1. The fourth-order valence-corrected chi connectivity index (χ4v) is 1.99. The van der Waals surface area contributed by atoms with Crippen molar-refractivity contribution in [2.45, 2.75) is 19.9 Å². The van der Waals surface area contributed by atoms with Gasteiger partial charge in [0.25, 0.3) is 5.91 Å². The Bertz CT molecular complexity index is 522. The zero-order valence-corrected chi connectivity index (χ0v) is 10.9. The number of carbonyl (C=O) groups excluding carboxylic acids is 1. The third kappa shape index (κ3) is 4.00. The lowest BCUT2D eigenvalue weighted by Gasteiger charge is -2.07. The first-order chi connectivity index (χ1) is 8.35. The van der Waals surface area contributed by atoms with Crippen LogP contribution in [-0.2, 0) is 16.6 Å². The minimum absolute atomic E-state index is 0.171. The predicted octanol–water partition coefficient (Wildman–Crippen LogP) is -1.11. The monoisotopic (exact) mass is 275 g/mol. The van der Waals surface area contributed by atoms with E-state index in [9.17, 15) is 13.2 Å². The molecule has 0 fully saturated rings. The topological polar surface area (TPSA) is 133 Å². The zero-order chi connectivity index (χ0) is 13.8. The molecule has 0 aliphatic heterocycles. The van der Waals surface area contributed by atoms with Crippen LogP contribution in [0.25, 0.3) is 0 Å². The van der Waals surface area contributed by atoms with Crippen molar-refractivity contribution >= 4 is 21.6 Å². The lowest BCUT2D eigenvalue weighted by molar-refractivity contribution is 0.0944. The van der Waals surface area contributed by atoms with Crippen LogP contribution in [0.3, 0.4) is 0 Å². The first kappa shape index (κ1) is 14.5. The van der Waals surface area contributed by atoms with Gasteiger partial charge in [0, 0.05) is 13.1 Å². The quantitative estimate of drug-likeness (QED) is 0.566. The van der Waals surface area contributed by atoms with Gasteiger partial charge >= 0.3 is 0 Å². The molecule has 102 valence electrons. The standard InChI is InChI=1S/C9H17N5O3S/c1-2-14-8(7(10)6-13-14)9(15)12-4-3-5-18(11,16)17/h6H,2-5,10H2,1H3,(H,12,15)(H2,11,16,17). The van der Waals surface area contributed by atoms with Crippen LogP contribution < -0.4 is 16.2 Å². The zero-order valence-electron chi connectivity index (χ0n) is 10.1. The van der Waals surface area contributed by atoms with Gasteiger partial charge in [-0.05, 0) is 13.3 Å². The Balaban J connectivity index is 2.53. The lowest BCUT2D eigenvalue weighted by atomic mass is 10.3. The van der Waals surface area contributed by atoms with Crippen LogP contribution in [0, 0.1) is 0 Å². The van der Waals surface area contributed by atoms with E-state index in [1.54, 1.807) is 0 Å². The van der Waals surface area contributed by atoms with Crippen molar-refractivity contribution in [2.24, 2.45) is 5.14 Å². The van der Waals surface area contributed by atoms with E-state index in [2.05, 4.69) is 10.4 Å². The minimum Gasteiger partial charge on any atom is -0.396 e. The maximum Gasteiger partial charge on any atom is 0.271 e. The van der Waals surface area contributed by atoms with Crippen LogP contribution in [-0.4, -0.2) is 36.4 Å². The predicted molar refractivity (Wildman–Crippen MR) is 67.2 cm³/mol. The van der Waals surface area contributed by atoms with E-state index in [4.69, 9.17) is 10.9 Å². The van der Waals surface area contributed by atoms with E-state index in [0.29, 0.717) is 12.2 Å². The van der Waals surface area contributed by atoms with Gasteiger partial charge in [-0.15, -0.1) is 0 Å². The molecule has 0 aliphatic rings. The highest BCUT2D eigenvalue weighted by molar-refractivity contribution is 7.89. The second-order valence-corrected chi connectivity index (χ2v) is 5.47. The number of hydrogen-bond acceptors (Lipinski definition) is 5. The van der Waals surface area contributed by atoms with Crippen molar-refractivity contribution in [2.75, 3.05) is 18.0 Å². The summed E-state index contributed by atoms with van der Waals surface area (Å²) in [5, 5.41) is 11.4. The van der Waals surface area contributed by atoms with Crippen molar-refractivity contribution in [1.29, 1.82) is 0 Å². The summed E-state index contributed by atoms with van der Waals surface area (Å²) >= 11 is 0. The Hall–Kier alpha value is -1.61. The van der Waals surface area contributed by atoms with Gasteiger partial charge in [0.2, 0.25) is 10.0 Å². The van der Waals surface area contributed by atoms with Gasteiger partial charge in [-0.2, -0.15) is 5.10 Å². The first-order valence-electron chi connectivity index (χ1n) is 5.45. The second-order valence-electron chi connectivity index (χ2n) is 3.74. The molecule has 9 heteroatoms. The summed E-state index contributed by atoms with van der Waals surface area (Å²) in [5.74, 6) is -0.545. The highest BCUT2D eigenvalue weighted by Gasteiger charge is 2.15. The highest BCUT2D eigenvalue weighted by Crippen LogP contribution is 2.10. The van der Waals surface area contributed by atoms with Crippen LogP contribution in [0.15, 0.2) is 6.20 Å². The van der Waals surface area contributed by atoms with E-state index >= 15 is 0 Å². The first-order valence-corrected chi connectivity index (χ1v) is 7.16. The molecular formula is C9H17N5O3S. The largest absolute Gasteiger partial charge is 0.396 e. The molecule has 5 N–H and O–H groups in total. The van der Waals surface area contributed by atoms with Crippen LogP contribution in [0.1, 0.15) is 23.8 Å². The number of primary sulfonamides is 1. The van der Waals surface area contributed by atoms with Crippen LogP contribution >= 0.6 is 0 Å². The molecule has 1 aromatic heterocycles. The Kier molecular flexibility index (Phi) is 4.68. The average molecular weight is 275 g/mol. The van der Waals surface area contributed by atoms with E-state index in [1.807, 2.05) is 6.92 Å². The molecule has 18 heavy (non-hydrogen) atoms. The average Bonchev–Trinajstić information content (AvgIpc) is 2.64. The maximum absolute atomic E-state index is 11.8. The van der Waals surface area contributed by atoms with Crippen LogP contribution in [0.2, 0.25) is 0 Å². The summed E-state index contributed by atoms with van der Waals surface area (Å²) in [5.41, 5.74) is 6.21. The summed E-state index contributed by atoms with van der Waals surface area (Å²) in [4.78, 5) is 11.8. The number of nitrogens with two attached hydrogens (primary N) is 2. The molecule has 1 aromatic rings. The molecule has 0 saturated heterocycles. The molecule has 0 spiro atoms. The number of aromatic nitrogens is 2. The highest BCUT2D eigenvalue weighted by atomic mass is 32.2. The van der Waals surface area contributed by atoms with Gasteiger partial charge in [-0.1, -0.05) is 0 Å². The number of rotatable bonds is 6. The van der Waals surface area contributed by atoms with Gasteiger partial charge in [0.05, 0.1) is 17.6 Å². The number of aryl methyl sites for hydroxylation is 1. The molecule has 0 aliphatic carbocycles. The molecule has 0 bridgehead atoms. The van der Waals surface area contributed by atoms with E-state index < -0.39 is 10.0 Å². The van der Waals surface area contributed by atoms with Crippen LogP contribution in [0.4, 0.5) is 5.69 Å². The smallest absolute Gasteiger partial charge is 0.271 e. The SMILES string of the molecule is CCn1ncc(N)c1C(=O)NCCCS(N)(=O)=O. The fraction of sp³-hybridized carbons (Fsp3) is 0.556. The molecule has 0 aromatic carbocycles. The molecule has 0 radical (unpaired) electrons. The van der Waals surface area contributed by atoms with Gasteiger partial charge < -0.3 is 11.1 Å². The summed E-state index contributed by atoms with van der Waals surface area (Å²) < 4.78 is 22.9. The van der Waals surface area contributed by atoms with Gasteiger partial charge in [-0.25, -0.2) is 13.6 Å². The van der Waals surface area contributed by atoms with Crippen molar-refractivity contribution in [1.82, 2.24) is 15.1 Å². The Morgan fingerprint density at radius 1 is 1.56 bits per heavy atom. The number of nitrogens with zero attached hydrogens (tertiary/aromatic N) is 2. The normalized spacial score (nSPS) is 11.4. The summed E-state index contributed by atoms with van der Waals surface area (Å²) in [6.45, 7) is 2.57. The third-order valence-electron chi connectivity index (χ3n) is 2.27. The number of carbonyl (C=O) groups is 1. The number of nitrogens with one attached hydrogen (secondary N) is 1. The Morgan fingerprint density at radius 2 is 2.22 bits per heavy atom. The second kappa shape index (κ2) is 5.83. The fourth-order valence-electron chi connectivity index (χ4n) is 1.45. The molecule has 1 amide bonds. The van der Waals surface area contributed by atoms with E-state index in [1.165, 1.54) is 10.9 Å². The van der Waals surface area contributed by atoms with E-state index in [0.717, 1.165) is 0 Å². The molecule has 1 heterocycles. The number of sulfonamides is 1. The molecule has 0 saturated carbocycles. The maximum atomic E-state index is 11.8. The van der Waals surface area contributed by atoms with Crippen molar-refractivity contribution < 1.29 is 13.2 Å². The van der Waals surface area contributed by atoms with Gasteiger partial charge in [-0.3, -0.25) is 9.48 Å². The Labute approximate surface area is 105 Å². The summed E-state index contributed by atoms with van der Waals surface area (Å²) in [7, 11) is -3.49. The van der Waals surface area contributed by atoms with Gasteiger partial charge in [0.1, 0.15) is 5.69 Å². The molecule has 1 rings (SSSR count). The Morgan fingerprint density at radius 3 is 2.78 bits per heavy atom. The van der Waals surface area contributed by atoms with Crippen molar-refractivity contribution in [3.05, 3.63) is 11.9 Å². The number of hydrogen-bond donors (Lipinski definition) is 3. The number of anilines is 1. The molecule has 8 nitrogen and oxygen atoms in total. The molecule has 0 atom stereocenters. The summed E-state index contributed by atoms with van der Waals surface area (Å²) in [6, 6.07) is 0. The number of nitrogen functional groups attached to an aromatic ring is 1. The van der Waals surface area contributed by atoms with Crippen molar-refractivity contribution in [3.8, 4) is 0 Å². The minimum atomic E-state index is -3.49.